The Morgan fingerprint density at radius 2 is 2.12 bits per heavy atom. The predicted octanol–water partition coefficient (Wildman–Crippen LogP) is 1.84. The van der Waals surface area contributed by atoms with E-state index in [4.69, 9.17) is 0 Å². The molecule has 2 aliphatic heterocycles. The van der Waals surface area contributed by atoms with Crippen LogP contribution in [0.4, 0.5) is 5.82 Å². The third-order valence-electron chi connectivity index (χ3n) is 5.56. The zero-order valence-corrected chi connectivity index (χ0v) is 15.2. The number of hydrogen-bond donors (Lipinski definition) is 0. The van der Waals surface area contributed by atoms with E-state index >= 15 is 0 Å². The highest BCUT2D eigenvalue weighted by Crippen LogP contribution is 2.42. The lowest BCUT2D eigenvalue weighted by atomic mass is 9.78. The molecule has 6 heteroatoms. The molecule has 134 valence electrons. The van der Waals surface area contributed by atoms with Crippen molar-refractivity contribution in [1.82, 2.24) is 14.5 Å². The van der Waals surface area contributed by atoms with Crippen LogP contribution >= 0.6 is 0 Å². The summed E-state index contributed by atoms with van der Waals surface area (Å²) in [6.45, 7) is 2.44. The Morgan fingerprint density at radius 1 is 1.27 bits per heavy atom. The lowest BCUT2D eigenvalue weighted by Crippen LogP contribution is -2.51. The van der Waals surface area contributed by atoms with Gasteiger partial charge in [0.2, 0.25) is 0 Å². The van der Waals surface area contributed by atoms with Crippen molar-refractivity contribution in [2.24, 2.45) is 5.92 Å². The second-order valence-corrected chi connectivity index (χ2v) is 7.57. The maximum absolute atomic E-state index is 12.6. The van der Waals surface area contributed by atoms with Gasteiger partial charge in [0.25, 0.3) is 5.56 Å². The Labute approximate surface area is 153 Å². The molecule has 2 aliphatic rings. The third-order valence-corrected chi connectivity index (χ3v) is 5.56. The molecule has 0 aliphatic carbocycles. The molecule has 2 bridgehead atoms. The number of hydrogen-bond acceptors (Lipinski definition) is 5. The van der Waals surface area contributed by atoms with Gasteiger partial charge in [-0.25, -0.2) is 4.98 Å². The number of likely N-dealkylation sites (N-methyl/N-ethyl adjacent to an activating group) is 1. The van der Waals surface area contributed by atoms with E-state index in [9.17, 15) is 10.1 Å². The van der Waals surface area contributed by atoms with E-state index in [1.54, 1.807) is 18.3 Å². The molecule has 6 nitrogen and oxygen atoms in total. The standard InChI is InChI=1S/C20H23N5O/c1-23(2)13-18-16-9-15(17-6-3-7-19(26)25(17)18)11-24(12-16)20-14(10-21)5-4-8-22-20/h3-8,15-16,18H,9,11-13H2,1-2H3/t15-,16+,18+/m1/s1. The summed E-state index contributed by atoms with van der Waals surface area (Å²) >= 11 is 0. The van der Waals surface area contributed by atoms with Gasteiger partial charge in [-0.15, -0.1) is 0 Å². The van der Waals surface area contributed by atoms with Crippen LogP contribution in [0.2, 0.25) is 0 Å². The van der Waals surface area contributed by atoms with Crippen molar-refractivity contribution in [2.75, 3.05) is 38.6 Å². The van der Waals surface area contributed by atoms with Gasteiger partial charge in [-0.3, -0.25) is 4.79 Å². The van der Waals surface area contributed by atoms with E-state index in [2.05, 4.69) is 26.9 Å². The van der Waals surface area contributed by atoms with Crippen molar-refractivity contribution in [1.29, 1.82) is 5.26 Å². The lowest BCUT2D eigenvalue weighted by Gasteiger charge is -2.48. The van der Waals surface area contributed by atoms with Crippen molar-refractivity contribution < 1.29 is 0 Å². The molecule has 0 radical (unpaired) electrons. The molecule has 0 aromatic carbocycles. The van der Waals surface area contributed by atoms with Crippen molar-refractivity contribution in [2.45, 2.75) is 18.4 Å². The van der Waals surface area contributed by atoms with E-state index < -0.39 is 0 Å². The average molecular weight is 349 g/mol. The van der Waals surface area contributed by atoms with Crippen LogP contribution in [0.25, 0.3) is 0 Å². The predicted molar refractivity (Wildman–Crippen MR) is 100 cm³/mol. The number of rotatable bonds is 3. The van der Waals surface area contributed by atoms with Crippen LogP contribution in [0.5, 0.6) is 0 Å². The van der Waals surface area contributed by atoms with Crippen molar-refractivity contribution in [3.63, 3.8) is 0 Å². The first kappa shape index (κ1) is 16.8. The minimum absolute atomic E-state index is 0.0908. The maximum atomic E-state index is 12.6. The smallest absolute Gasteiger partial charge is 0.251 e. The number of nitrogens with zero attached hydrogens (tertiary/aromatic N) is 5. The molecular weight excluding hydrogens is 326 g/mol. The molecule has 2 aromatic rings. The Bertz CT molecular complexity index is 913. The van der Waals surface area contributed by atoms with Crippen LogP contribution in [-0.2, 0) is 0 Å². The summed E-state index contributed by atoms with van der Waals surface area (Å²) < 4.78 is 2.01. The molecule has 0 amide bonds. The van der Waals surface area contributed by atoms with Gasteiger partial charge in [0.15, 0.2) is 0 Å². The third kappa shape index (κ3) is 2.78. The zero-order valence-electron chi connectivity index (χ0n) is 15.2. The molecule has 1 fully saturated rings. The highest BCUT2D eigenvalue weighted by molar-refractivity contribution is 5.54. The Hall–Kier alpha value is -2.65. The molecule has 4 rings (SSSR count). The van der Waals surface area contributed by atoms with Gasteiger partial charge < -0.3 is 14.4 Å². The minimum atomic E-state index is 0.0908. The highest BCUT2D eigenvalue weighted by atomic mass is 16.1. The summed E-state index contributed by atoms with van der Waals surface area (Å²) in [4.78, 5) is 21.5. The van der Waals surface area contributed by atoms with E-state index in [0.29, 0.717) is 11.5 Å². The fourth-order valence-electron chi connectivity index (χ4n) is 4.56. The summed E-state index contributed by atoms with van der Waals surface area (Å²) in [5.41, 5.74) is 1.81. The second kappa shape index (κ2) is 6.58. The van der Waals surface area contributed by atoms with Gasteiger partial charge in [-0.1, -0.05) is 6.07 Å². The molecule has 0 unspecified atom stereocenters. The topological polar surface area (TPSA) is 65.2 Å². The fourth-order valence-corrected chi connectivity index (χ4v) is 4.56. The summed E-state index contributed by atoms with van der Waals surface area (Å²) in [6, 6.07) is 11.6. The summed E-state index contributed by atoms with van der Waals surface area (Å²) in [6.07, 6.45) is 2.82. The van der Waals surface area contributed by atoms with Crippen molar-refractivity contribution in [3.05, 3.63) is 58.1 Å². The number of pyridine rings is 2. The molecule has 3 atom stereocenters. The molecular formula is C20H23N5O. The molecule has 2 aromatic heterocycles. The number of fused-ring (bicyclic) bond motifs is 4. The normalized spacial score (nSPS) is 24.2. The lowest BCUT2D eigenvalue weighted by molar-refractivity contribution is 0.174. The second-order valence-electron chi connectivity index (χ2n) is 7.57. The maximum Gasteiger partial charge on any atom is 0.251 e. The van der Waals surface area contributed by atoms with Crippen LogP contribution in [0.3, 0.4) is 0 Å². The Kier molecular flexibility index (Phi) is 4.25. The van der Waals surface area contributed by atoms with Crippen LogP contribution in [0, 0.1) is 17.2 Å². The molecule has 1 saturated heterocycles. The fraction of sp³-hybridized carbons (Fsp3) is 0.450. The highest BCUT2D eigenvalue weighted by Gasteiger charge is 2.41. The minimum Gasteiger partial charge on any atom is -0.354 e. The van der Waals surface area contributed by atoms with Gasteiger partial charge in [-0.2, -0.15) is 5.26 Å². The Balaban J connectivity index is 1.77. The number of anilines is 1. The van der Waals surface area contributed by atoms with Gasteiger partial charge in [0.05, 0.1) is 11.6 Å². The Morgan fingerprint density at radius 3 is 2.88 bits per heavy atom. The van der Waals surface area contributed by atoms with E-state index in [-0.39, 0.29) is 17.5 Å². The van der Waals surface area contributed by atoms with Gasteiger partial charge in [0.1, 0.15) is 11.9 Å². The first-order chi connectivity index (χ1) is 12.6. The van der Waals surface area contributed by atoms with E-state index in [1.807, 2.05) is 30.8 Å². The molecule has 0 saturated carbocycles. The van der Waals surface area contributed by atoms with Gasteiger partial charge in [0, 0.05) is 43.5 Å². The summed E-state index contributed by atoms with van der Waals surface area (Å²) in [7, 11) is 4.10. The first-order valence-electron chi connectivity index (χ1n) is 9.04. The summed E-state index contributed by atoms with van der Waals surface area (Å²) in [5, 5.41) is 9.45. The van der Waals surface area contributed by atoms with E-state index in [1.165, 1.54) is 0 Å². The molecule has 4 heterocycles. The quantitative estimate of drug-likeness (QED) is 0.846. The summed E-state index contributed by atoms with van der Waals surface area (Å²) in [5.74, 6) is 1.41. The molecule has 0 spiro atoms. The number of piperidine rings is 1. The molecule has 26 heavy (non-hydrogen) atoms. The van der Waals surface area contributed by atoms with Crippen molar-refractivity contribution >= 4 is 5.82 Å². The van der Waals surface area contributed by atoms with Gasteiger partial charge in [-0.05, 0) is 44.6 Å². The van der Waals surface area contributed by atoms with Gasteiger partial charge >= 0.3 is 0 Å². The largest absolute Gasteiger partial charge is 0.354 e. The van der Waals surface area contributed by atoms with E-state index in [0.717, 1.165) is 37.6 Å². The van der Waals surface area contributed by atoms with Crippen LogP contribution in [-0.4, -0.2) is 48.2 Å². The zero-order chi connectivity index (χ0) is 18.3. The monoisotopic (exact) mass is 349 g/mol. The van der Waals surface area contributed by atoms with Crippen molar-refractivity contribution in [3.8, 4) is 6.07 Å². The first-order valence-corrected chi connectivity index (χ1v) is 9.04. The average Bonchev–Trinajstić information content (AvgIpc) is 2.65. The van der Waals surface area contributed by atoms with Crippen LogP contribution in [0.15, 0.2) is 41.3 Å². The number of nitriles is 1. The SMILES string of the molecule is CN(C)C[C@H]1[C@H]2C[C@H](CN(c3ncccc3C#N)C2)c2cccc(=O)n21. The van der Waals surface area contributed by atoms with Crippen LogP contribution < -0.4 is 10.5 Å². The molecule has 0 N–H and O–H groups in total. The van der Waals surface area contributed by atoms with Crippen LogP contribution in [0.1, 0.15) is 29.6 Å². The number of aromatic nitrogens is 2.